The maximum atomic E-state index is 13.4. The molecule has 0 radical (unpaired) electrons. The van der Waals surface area contributed by atoms with Crippen molar-refractivity contribution in [3.63, 3.8) is 0 Å². The van der Waals surface area contributed by atoms with E-state index in [1.165, 1.54) is 12.1 Å². The van der Waals surface area contributed by atoms with E-state index in [1.807, 2.05) is 39.8 Å². The van der Waals surface area contributed by atoms with E-state index in [0.29, 0.717) is 42.6 Å². The van der Waals surface area contributed by atoms with Gasteiger partial charge in [-0.2, -0.15) is 0 Å². The average Bonchev–Trinajstić information content (AvgIpc) is 2.68. The fourth-order valence-corrected chi connectivity index (χ4v) is 3.44. The number of carbonyl (C=O) groups is 1. The van der Waals surface area contributed by atoms with Crippen LogP contribution in [-0.4, -0.2) is 41.3 Å². The standard InChI is InChI=1S/C24H31FN2O4/c1-16-13-19(25)9-11-20(16)30-22-21(10-8-17(2)26-22)29-15-18-7-6-12-27(14-18)23(28)31-24(3,4)5/h8-11,13,18H,6-7,12,14-15H2,1-5H3/t18-/m0/s1. The lowest BCUT2D eigenvalue weighted by molar-refractivity contribution is 0.0138. The van der Waals surface area contributed by atoms with Gasteiger partial charge in [-0.3, -0.25) is 0 Å². The monoisotopic (exact) mass is 430 g/mol. The number of halogens is 1. The van der Waals surface area contributed by atoms with Crippen LogP contribution in [0.2, 0.25) is 0 Å². The van der Waals surface area contributed by atoms with E-state index in [2.05, 4.69) is 4.98 Å². The highest BCUT2D eigenvalue weighted by atomic mass is 19.1. The van der Waals surface area contributed by atoms with Gasteiger partial charge in [0.05, 0.1) is 6.61 Å². The lowest BCUT2D eigenvalue weighted by atomic mass is 9.99. The molecule has 0 aliphatic carbocycles. The molecule has 1 aromatic carbocycles. The largest absolute Gasteiger partial charge is 0.488 e. The van der Waals surface area contributed by atoms with Gasteiger partial charge in [-0.15, -0.1) is 0 Å². The van der Waals surface area contributed by atoms with E-state index in [4.69, 9.17) is 14.2 Å². The molecule has 0 saturated carbocycles. The van der Waals surface area contributed by atoms with Gasteiger partial charge in [0.2, 0.25) is 0 Å². The molecule has 1 fully saturated rings. The van der Waals surface area contributed by atoms with Crippen LogP contribution in [0, 0.1) is 25.6 Å². The summed E-state index contributed by atoms with van der Waals surface area (Å²) < 4.78 is 30.9. The molecular weight excluding hydrogens is 399 g/mol. The highest BCUT2D eigenvalue weighted by molar-refractivity contribution is 5.68. The minimum absolute atomic E-state index is 0.183. The van der Waals surface area contributed by atoms with Crippen LogP contribution < -0.4 is 9.47 Å². The quantitative estimate of drug-likeness (QED) is 0.613. The van der Waals surface area contributed by atoms with Crippen molar-refractivity contribution in [2.75, 3.05) is 19.7 Å². The molecule has 168 valence electrons. The number of carbonyl (C=O) groups excluding carboxylic acids is 1. The van der Waals surface area contributed by atoms with Gasteiger partial charge in [0.1, 0.15) is 17.2 Å². The van der Waals surface area contributed by atoms with Crippen LogP contribution in [0.25, 0.3) is 0 Å². The number of pyridine rings is 1. The lowest BCUT2D eigenvalue weighted by Crippen LogP contribution is -2.44. The zero-order valence-electron chi connectivity index (χ0n) is 18.9. The first-order valence-corrected chi connectivity index (χ1v) is 10.6. The van der Waals surface area contributed by atoms with Crippen LogP contribution in [0.5, 0.6) is 17.4 Å². The van der Waals surface area contributed by atoms with Crippen molar-refractivity contribution in [3.8, 4) is 17.4 Å². The van der Waals surface area contributed by atoms with Gasteiger partial charge in [-0.05, 0) is 83.4 Å². The van der Waals surface area contributed by atoms with Crippen LogP contribution in [0.1, 0.15) is 44.9 Å². The normalized spacial score (nSPS) is 16.7. The van der Waals surface area contributed by atoms with Crippen molar-refractivity contribution in [1.29, 1.82) is 0 Å². The molecule has 1 aromatic heterocycles. The Hall–Kier alpha value is -2.83. The molecule has 2 heterocycles. The number of amides is 1. The summed E-state index contributed by atoms with van der Waals surface area (Å²) in [6.07, 6.45) is 1.58. The summed E-state index contributed by atoms with van der Waals surface area (Å²) in [6.45, 7) is 11.0. The third kappa shape index (κ3) is 6.57. The number of aryl methyl sites for hydroxylation is 2. The fourth-order valence-electron chi connectivity index (χ4n) is 3.44. The predicted molar refractivity (Wildman–Crippen MR) is 116 cm³/mol. The number of nitrogens with zero attached hydrogens (tertiary/aromatic N) is 2. The van der Waals surface area contributed by atoms with Crippen LogP contribution in [-0.2, 0) is 4.74 Å². The van der Waals surface area contributed by atoms with Gasteiger partial charge in [-0.25, -0.2) is 14.2 Å². The predicted octanol–water partition coefficient (Wildman–Crippen LogP) is 5.66. The molecule has 0 N–H and O–H groups in total. The number of likely N-dealkylation sites (tertiary alicyclic amines) is 1. The molecule has 1 aliphatic rings. The number of benzene rings is 1. The summed E-state index contributed by atoms with van der Waals surface area (Å²) in [4.78, 5) is 18.6. The average molecular weight is 431 g/mol. The smallest absolute Gasteiger partial charge is 0.410 e. The number of piperidine rings is 1. The molecule has 0 bridgehead atoms. The maximum Gasteiger partial charge on any atom is 0.410 e. The topological polar surface area (TPSA) is 60.9 Å². The summed E-state index contributed by atoms with van der Waals surface area (Å²) in [6, 6.07) is 8.03. The molecule has 0 unspecified atom stereocenters. The highest BCUT2D eigenvalue weighted by Crippen LogP contribution is 2.32. The minimum Gasteiger partial charge on any atom is -0.488 e. The molecule has 1 aliphatic heterocycles. The summed E-state index contributed by atoms with van der Waals surface area (Å²) in [7, 11) is 0. The van der Waals surface area contributed by atoms with Crippen molar-refractivity contribution in [2.45, 2.75) is 53.1 Å². The maximum absolute atomic E-state index is 13.4. The Balaban J connectivity index is 1.65. The summed E-state index contributed by atoms with van der Waals surface area (Å²) in [5.41, 5.74) is 0.948. The Morgan fingerprint density at radius 2 is 1.94 bits per heavy atom. The molecule has 31 heavy (non-hydrogen) atoms. The van der Waals surface area contributed by atoms with E-state index in [1.54, 1.807) is 17.9 Å². The van der Waals surface area contributed by atoms with Crippen LogP contribution in [0.3, 0.4) is 0 Å². The minimum atomic E-state index is -0.515. The number of ether oxygens (including phenoxy) is 3. The first kappa shape index (κ1) is 22.8. The summed E-state index contributed by atoms with van der Waals surface area (Å²) >= 11 is 0. The van der Waals surface area contributed by atoms with Gasteiger partial charge in [0.15, 0.2) is 5.75 Å². The molecule has 7 heteroatoms. The Morgan fingerprint density at radius 1 is 1.19 bits per heavy atom. The number of hydrogen-bond donors (Lipinski definition) is 0. The molecule has 1 atom stereocenters. The van der Waals surface area contributed by atoms with Gasteiger partial charge in [0.25, 0.3) is 5.88 Å². The third-order valence-corrected chi connectivity index (χ3v) is 4.95. The van der Waals surface area contributed by atoms with Gasteiger partial charge in [-0.1, -0.05) is 0 Å². The van der Waals surface area contributed by atoms with Crippen molar-refractivity contribution in [2.24, 2.45) is 5.92 Å². The van der Waals surface area contributed by atoms with E-state index >= 15 is 0 Å². The van der Waals surface area contributed by atoms with Crippen molar-refractivity contribution in [3.05, 3.63) is 47.4 Å². The zero-order valence-corrected chi connectivity index (χ0v) is 18.9. The van der Waals surface area contributed by atoms with Crippen molar-refractivity contribution in [1.82, 2.24) is 9.88 Å². The lowest BCUT2D eigenvalue weighted by Gasteiger charge is -2.34. The van der Waals surface area contributed by atoms with Crippen molar-refractivity contribution >= 4 is 6.09 Å². The molecule has 2 aromatic rings. The molecule has 6 nitrogen and oxygen atoms in total. The van der Waals surface area contributed by atoms with Gasteiger partial charge in [0, 0.05) is 24.7 Å². The molecule has 1 amide bonds. The van der Waals surface area contributed by atoms with Crippen LogP contribution >= 0.6 is 0 Å². The Labute approximate surface area is 183 Å². The Bertz CT molecular complexity index is 926. The van der Waals surface area contributed by atoms with Crippen LogP contribution in [0.4, 0.5) is 9.18 Å². The Kier molecular flexibility index (Phi) is 7.03. The second-order valence-electron chi connectivity index (χ2n) is 9.01. The van der Waals surface area contributed by atoms with E-state index < -0.39 is 5.60 Å². The van der Waals surface area contributed by atoms with E-state index in [0.717, 1.165) is 18.5 Å². The number of aromatic nitrogens is 1. The summed E-state index contributed by atoms with van der Waals surface area (Å²) in [5, 5.41) is 0. The molecule has 1 saturated heterocycles. The fraction of sp³-hybridized carbons (Fsp3) is 0.500. The highest BCUT2D eigenvalue weighted by Gasteiger charge is 2.28. The molecular formula is C24H31FN2O4. The first-order chi connectivity index (χ1) is 14.6. The van der Waals surface area contributed by atoms with Crippen LogP contribution in [0.15, 0.2) is 30.3 Å². The van der Waals surface area contributed by atoms with E-state index in [-0.39, 0.29) is 17.8 Å². The Morgan fingerprint density at radius 3 is 2.65 bits per heavy atom. The van der Waals surface area contributed by atoms with E-state index in [9.17, 15) is 9.18 Å². The number of hydrogen-bond acceptors (Lipinski definition) is 5. The first-order valence-electron chi connectivity index (χ1n) is 10.6. The van der Waals surface area contributed by atoms with Gasteiger partial charge < -0.3 is 19.1 Å². The SMILES string of the molecule is Cc1ccc(OC[C@H]2CCCN(C(=O)OC(C)(C)C)C2)c(Oc2ccc(F)cc2C)n1. The zero-order chi connectivity index (χ0) is 22.6. The molecule has 0 spiro atoms. The number of rotatable bonds is 5. The van der Waals surface area contributed by atoms with Crippen molar-refractivity contribution < 1.29 is 23.4 Å². The summed E-state index contributed by atoms with van der Waals surface area (Å²) in [5.74, 6) is 1.25. The molecule has 3 rings (SSSR count). The van der Waals surface area contributed by atoms with Gasteiger partial charge >= 0.3 is 6.09 Å². The second-order valence-corrected chi connectivity index (χ2v) is 9.01. The third-order valence-electron chi connectivity index (χ3n) is 4.95. The second kappa shape index (κ2) is 9.54.